The van der Waals surface area contributed by atoms with Crippen LogP contribution in [-0.4, -0.2) is 67.0 Å². The molecule has 0 radical (unpaired) electrons. The zero-order chi connectivity index (χ0) is 33.7. The van der Waals surface area contributed by atoms with Crippen molar-refractivity contribution in [1.29, 1.82) is 0 Å². The highest BCUT2D eigenvalue weighted by molar-refractivity contribution is 6.24. The summed E-state index contributed by atoms with van der Waals surface area (Å²) in [5, 5.41) is 2.80. The van der Waals surface area contributed by atoms with E-state index in [2.05, 4.69) is 5.32 Å². The zero-order valence-electron chi connectivity index (χ0n) is 26.4. The molecule has 1 saturated heterocycles. The highest BCUT2D eigenvalue weighted by Crippen LogP contribution is 2.69. The van der Waals surface area contributed by atoms with Gasteiger partial charge in [0.2, 0.25) is 11.4 Å². The number of ether oxygens (including phenoxy) is 3. The van der Waals surface area contributed by atoms with Gasteiger partial charge in [-0.15, -0.1) is 0 Å². The number of benzene rings is 3. The number of rotatable bonds is 8. The van der Waals surface area contributed by atoms with E-state index < -0.39 is 58.0 Å². The van der Waals surface area contributed by atoms with E-state index >= 15 is 9.18 Å². The molecule has 6 rings (SSSR count). The van der Waals surface area contributed by atoms with E-state index in [4.69, 9.17) is 14.2 Å². The normalized spacial score (nSPS) is 23.9. The molecule has 2 amide bonds. The van der Waals surface area contributed by atoms with E-state index in [0.29, 0.717) is 5.56 Å². The first-order valence-electron chi connectivity index (χ1n) is 15.4. The molecule has 3 unspecified atom stereocenters. The molecule has 244 valence electrons. The van der Waals surface area contributed by atoms with Crippen molar-refractivity contribution in [3.63, 3.8) is 0 Å². The standard InChI is InChI=1S/C35H34FN3O8/c1-5-45-28(40)27-33(23-15-11-12-16-25(23)37-29(33)41)35(38(4)34(27,31(43)46-6-2)32(44)47-7-3)24-19-22(36)17-18-26(24)39(30(35)42)20-21-13-9-8-10-14-21/h8-19,27H,5-7,20H2,1-4H3,(H,37,41). The van der Waals surface area contributed by atoms with E-state index in [0.717, 1.165) is 11.0 Å². The third-order valence-electron chi connectivity index (χ3n) is 9.48. The Bertz CT molecular complexity index is 1780. The van der Waals surface area contributed by atoms with Crippen molar-refractivity contribution in [2.45, 2.75) is 43.8 Å². The maximum Gasteiger partial charge on any atom is 0.339 e. The lowest BCUT2D eigenvalue weighted by atomic mass is 9.57. The third-order valence-corrected chi connectivity index (χ3v) is 9.48. The summed E-state index contributed by atoms with van der Waals surface area (Å²) in [4.78, 5) is 76.4. The van der Waals surface area contributed by atoms with Crippen molar-refractivity contribution >= 4 is 41.1 Å². The molecule has 1 N–H and O–H groups in total. The summed E-state index contributed by atoms with van der Waals surface area (Å²) in [7, 11) is 1.29. The minimum atomic E-state index is -2.74. The number of fused-ring (bicyclic) bond motifs is 5. The molecule has 12 heteroatoms. The largest absolute Gasteiger partial charge is 0.466 e. The molecule has 3 aliphatic heterocycles. The first kappa shape index (κ1) is 31.9. The fourth-order valence-corrected chi connectivity index (χ4v) is 7.90. The molecule has 0 aliphatic carbocycles. The molecule has 0 saturated carbocycles. The predicted molar refractivity (Wildman–Crippen MR) is 166 cm³/mol. The topological polar surface area (TPSA) is 132 Å². The van der Waals surface area contributed by atoms with Crippen molar-refractivity contribution in [3.05, 3.63) is 95.3 Å². The van der Waals surface area contributed by atoms with Gasteiger partial charge in [0.25, 0.3) is 5.91 Å². The van der Waals surface area contributed by atoms with Crippen LogP contribution >= 0.6 is 0 Å². The highest BCUT2D eigenvalue weighted by Gasteiger charge is 2.89. The molecule has 0 aromatic heterocycles. The first-order valence-corrected chi connectivity index (χ1v) is 15.4. The number of amides is 2. The molecule has 0 bridgehead atoms. The average Bonchev–Trinajstić information content (AvgIpc) is 3.57. The predicted octanol–water partition coefficient (Wildman–Crippen LogP) is 3.45. The van der Waals surface area contributed by atoms with Gasteiger partial charge >= 0.3 is 17.9 Å². The van der Waals surface area contributed by atoms with E-state index in [1.807, 2.05) is 6.07 Å². The van der Waals surface area contributed by atoms with Crippen molar-refractivity contribution in [3.8, 4) is 0 Å². The fraction of sp³-hybridized carbons (Fsp3) is 0.343. The third kappa shape index (κ3) is 3.97. The molecule has 2 spiro atoms. The summed E-state index contributed by atoms with van der Waals surface area (Å²) < 4.78 is 32.0. The number of carbonyl (C=O) groups excluding carboxylic acids is 5. The van der Waals surface area contributed by atoms with Crippen LogP contribution in [0.15, 0.2) is 72.8 Å². The number of likely N-dealkylation sites (tertiary alicyclic amines) is 1. The number of likely N-dealkylation sites (N-methyl/N-ethyl adjacent to an activating group) is 1. The lowest BCUT2D eigenvalue weighted by Gasteiger charge is -2.43. The summed E-state index contributed by atoms with van der Waals surface area (Å²) >= 11 is 0. The van der Waals surface area contributed by atoms with Crippen LogP contribution in [0.5, 0.6) is 0 Å². The van der Waals surface area contributed by atoms with Crippen molar-refractivity contribution in [2.75, 3.05) is 37.1 Å². The number of carbonyl (C=O) groups is 5. The molecule has 3 heterocycles. The van der Waals surface area contributed by atoms with Crippen LogP contribution in [0.2, 0.25) is 0 Å². The SMILES string of the molecule is CCOC(=O)C1C(C(=O)OCC)(C(=O)OCC)N(C)C2(C(=O)N(Cc3ccccc3)c3ccc(F)cc32)C12C(=O)Nc1ccccc12. The van der Waals surface area contributed by atoms with E-state index in [9.17, 15) is 19.2 Å². The summed E-state index contributed by atoms with van der Waals surface area (Å²) in [5.74, 6) is -7.95. The Hall–Kier alpha value is -5.10. The lowest BCUT2D eigenvalue weighted by molar-refractivity contribution is -0.183. The second-order valence-electron chi connectivity index (χ2n) is 11.5. The van der Waals surface area contributed by atoms with Gasteiger partial charge in [0.1, 0.15) is 22.7 Å². The van der Waals surface area contributed by atoms with Gasteiger partial charge in [-0.25, -0.2) is 14.0 Å². The Morgan fingerprint density at radius 2 is 1.45 bits per heavy atom. The average molecular weight is 644 g/mol. The fourth-order valence-electron chi connectivity index (χ4n) is 7.90. The number of nitrogens with zero attached hydrogens (tertiary/aromatic N) is 2. The van der Waals surface area contributed by atoms with Gasteiger partial charge in [0.15, 0.2) is 0 Å². The van der Waals surface area contributed by atoms with Crippen LogP contribution in [0.25, 0.3) is 0 Å². The molecular formula is C35H34FN3O8. The Labute approximate surface area is 270 Å². The summed E-state index contributed by atoms with van der Waals surface area (Å²) in [6.45, 7) is 3.93. The maximum absolute atomic E-state index is 15.5. The quantitative estimate of drug-likeness (QED) is 0.223. The number of halogens is 1. The molecule has 3 aliphatic rings. The number of nitrogens with one attached hydrogen (secondary N) is 1. The van der Waals surface area contributed by atoms with Crippen LogP contribution in [0.1, 0.15) is 37.5 Å². The molecule has 3 atom stereocenters. The minimum Gasteiger partial charge on any atom is -0.466 e. The lowest BCUT2D eigenvalue weighted by Crippen LogP contribution is -2.65. The van der Waals surface area contributed by atoms with E-state index in [-0.39, 0.29) is 48.9 Å². The zero-order valence-corrected chi connectivity index (χ0v) is 26.4. The number of para-hydroxylation sites is 1. The van der Waals surface area contributed by atoms with Gasteiger partial charge in [0, 0.05) is 16.9 Å². The molecule has 3 aromatic carbocycles. The molecule has 11 nitrogen and oxygen atoms in total. The van der Waals surface area contributed by atoms with E-state index in [1.165, 1.54) is 44.9 Å². The van der Waals surface area contributed by atoms with Gasteiger partial charge in [-0.3, -0.25) is 19.3 Å². The first-order chi connectivity index (χ1) is 22.6. The van der Waals surface area contributed by atoms with E-state index in [1.54, 1.807) is 48.5 Å². The maximum atomic E-state index is 15.5. The van der Waals surface area contributed by atoms with Gasteiger partial charge in [0.05, 0.1) is 26.4 Å². The van der Waals surface area contributed by atoms with Crippen molar-refractivity contribution in [1.82, 2.24) is 4.90 Å². The Morgan fingerprint density at radius 1 is 0.830 bits per heavy atom. The van der Waals surface area contributed by atoms with Crippen LogP contribution in [0.3, 0.4) is 0 Å². The Morgan fingerprint density at radius 3 is 2.09 bits per heavy atom. The summed E-state index contributed by atoms with van der Waals surface area (Å²) in [6, 6.07) is 19.1. The van der Waals surface area contributed by atoms with Gasteiger partial charge in [-0.2, -0.15) is 0 Å². The van der Waals surface area contributed by atoms with Crippen LogP contribution in [-0.2, 0) is 55.7 Å². The van der Waals surface area contributed by atoms with Crippen LogP contribution in [0.4, 0.5) is 15.8 Å². The smallest absolute Gasteiger partial charge is 0.339 e. The van der Waals surface area contributed by atoms with Crippen molar-refractivity contribution < 1.29 is 42.6 Å². The summed E-state index contributed by atoms with van der Waals surface area (Å²) in [5.41, 5.74) is -6.15. The highest BCUT2D eigenvalue weighted by atomic mass is 19.1. The Kier molecular flexibility index (Phi) is 7.87. The van der Waals surface area contributed by atoms with Gasteiger partial charge < -0.3 is 24.4 Å². The number of esters is 3. The number of hydrogen-bond donors (Lipinski definition) is 1. The minimum absolute atomic E-state index is 0.0108. The Balaban J connectivity index is 1.81. The number of hydrogen-bond acceptors (Lipinski definition) is 9. The monoisotopic (exact) mass is 643 g/mol. The van der Waals surface area contributed by atoms with Gasteiger partial charge in [-0.05, 0) is 63.2 Å². The second-order valence-corrected chi connectivity index (χ2v) is 11.5. The summed E-state index contributed by atoms with van der Waals surface area (Å²) in [6.07, 6.45) is 0. The number of anilines is 2. The molecule has 3 aromatic rings. The molecule has 47 heavy (non-hydrogen) atoms. The molecule has 1 fully saturated rings. The van der Waals surface area contributed by atoms with Gasteiger partial charge in [-0.1, -0.05) is 48.5 Å². The van der Waals surface area contributed by atoms with Crippen molar-refractivity contribution in [2.24, 2.45) is 5.92 Å². The second kappa shape index (κ2) is 11.6. The van der Waals surface area contributed by atoms with Crippen LogP contribution < -0.4 is 10.2 Å². The molecular weight excluding hydrogens is 609 g/mol. The van der Waals surface area contributed by atoms with Crippen LogP contribution in [0, 0.1) is 11.7 Å².